The van der Waals surface area contributed by atoms with Crippen LogP contribution in [0, 0.1) is 0 Å². The van der Waals surface area contributed by atoms with E-state index >= 15 is 0 Å². The molecule has 3 nitrogen and oxygen atoms in total. The van der Waals surface area contributed by atoms with Crippen LogP contribution in [-0.4, -0.2) is 40.1 Å². The normalized spacial score (nSPS) is 11.7. The molecular weight excluding hydrogens is 320 g/mol. The SMILES string of the molecule is C.C.C[Si](C)(CCCCCCO)O[Si](C)(C)CCCCCCO. The van der Waals surface area contributed by atoms with Gasteiger partial charge in [0, 0.05) is 13.2 Å². The molecule has 0 fully saturated rings. The fourth-order valence-electron chi connectivity index (χ4n) is 2.88. The van der Waals surface area contributed by atoms with E-state index in [2.05, 4.69) is 26.2 Å². The predicted molar refractivity (Wildman–Crippen MR) is 110 cm³/mol. The minimum absolute atomic E-state index is 0. The summed E-state index contributed by atoms with van der Waals surface area (Å²) < 4.78 is 6.62. The van der Waals surface area contributed by atoms with Crippen LogP contribution in [-0.2, 0) is 4.12 Å². The highest BCUT2D eigenvalue weighted by Gasteiger charge is 2.31. The Morgan fingerprint density at radius 2 is 0.870 bits per heavy atom. The first-order chi connectivity index (χ1) is 9.83. The fourth-order valence-corrected chi connectivity index (χ4v) is 11.9. The molecule has 0 rings (SSSR count). The Bertz CT molecular complexity index is 222. The summed E-state index contributed by atoms with van der Waals surface area (Å²) in [5, 5.41) is 17.6. The van der Waals surface area contributed by atoms with E-state index in [1.807, 2.05) is 0 Å². The summed E-state index contributed by atoms with van der Waals surface area (Å²) in [4.78, 5) is 0. The topological polar surface area (TPSA) is 49.7 Å². The molecule has 0 atom stereocenters. The molecule has 0 aromatic carbocycles. The van der Waals surface area contributed by atoms with Crippen molar-refractivity contribution in [1.29, 1.82) is 0 Å². The van der Waals surface area contributed by atoms with Gasteiger partial charge in [0.1, 0.15) is 0 Å². The summed E-state index contributed by atoms with van der Waals surface area (Å²) in [6.45, 7) is 10.1. The van der Waals surface area contributed by atoms with Gasteiger partial charge >= 0.3 is 0 Å². The fraction of sp³-hybridized carbons (Fsp3) is 1.00. The van der Waals surface area contributed by atoms with Crippen LogP contribution in [0.25, 0.3) is 0 Å². The molecule has 0 aromatic heterocycles. The van der Waals surface area contributed by atoms with Gasteiger partial charge in [0.15, 0.2) is 16.6 Å². The lowest BCUT2D eigenvalue weighted by Crippen LogP contribution is -2.44. The number of unbranched alkanes of at least 4 members (excludes halogenated alkanes) is 6. The Morgan fingerprint density at radius 3 is 1.17 bits per heavy atom. The number of hydrogen-bond acceptors (Lipinski definition) is 3. The minimum Gasteiger partial charge on any atom is -0.455 e. The molecule has 0 amide bonds. The van der Waals surface area contributed by atoms with E-state index in [0.717, 1.165) is 25.7 Å². The monoisotopic (exact) mass is 366 g/mol. The highest BCUT2D eigenvalue weighted by atomic mass is 28.4. The molecule has 0 aliphatic carbocycles. The number of aliphatic hydroxyl groups excluding tert-OH is 2. The van der Waals surface area contributed by atoms with Gasteiger partial charge in [-0.3, -0.25) is 0 Å². The van der Waals surface area contributed by atoms with Gasteiger partial charge < -0.3 is 14.3 Å². The molecule has 0 saturated heterocycles. The van der Waals surface area contributed by atoms with Gasteiger partial charge in [-0.1, -0.05) is 53.4 Å². The van der Waals surface area contributed by atoms with Crippen LogP contribution in [0.5, 0.6) is 0 Å². The van der Waals surface area contributed by atoms with Gasteiger partial charge in [-0.05, 0) is 51.1 Å². The maximum absolute atomic E-state index is 8.79. The smallest absolute Gasteiger partial charge is 0.173 e. The zero-order chi connectivity index (χ0) is 16.2. The number of rotatable bonds is 14. The van der Waals surface area contributed by atoms with E-state index in [9.17, 15) is 0 Å². The maximum atomic E-state index is 8.79. The first-order valence-corrected chi connectivity index (χ1v) is 15.0. The molecule has 0 heterocycles. The molecule has 2 N–H and O–H groups in total. The Morgan fingerprint density at radius 1 is 0.565 bits per heavy atom. The average Bonchev–Trinajstić information content (AvgIpc) is 2.36. The minimum atomic E-state index is -1.52. The largest absolute Gasteiger partial charge is 0.455 e. The lowest BCUT2D eigenvalue weighted by Gasteiger charge is -2.34. The van der Waals surface area contributed by atoms with E-state index in [-0.39, 0.29) is 14.9 Å². The average molecular weight is 367 g/mol. The van der Waals surface area contributed by atoms with Crippen LogP contribution < -0.4 is 0 Å². The van der Waals surface area contributed by atoms with E-state index in [1.165, 1.54) is 37.8 Å². The molecule has 0 unspecified atom stereocenters. The lowest BCUT2D eigenvalue weighted by atomic mass is 10.2. The van der Waals surface area contributed by atoms with E-state index in [0.29, 0.717) is 13.2 Å². The van der Waals surface area contributed by atoms with Crippen LogP contribution in [0.1, 0.15) is 66.2 Å². The number of hydrogen-bond donors (Lipinski definition) is 2. The molecular formula is C18H46O3Si2. The second-order valence-electron chi connectivity index (χ2n) is 7.40. The van der Waals surface area contributed by atoms with Crippen molar-refractivity contribution in [2.75, 3.05) is 13.2 Å². The third kappa shape index (κ3) is 18.5. The zero-order valence-electron chi connectivity index (χ0n) is 14.8. The molecule has 0 aromatic rings. The molecule has 0 radical (unpaired) electrons. The summed E-state index contributed by atoms with van der Waals surface area (Å²) in [6, 6.07) is 2.50. The Hall–Kier alpha value is 0.314. The van der Waals surface area contributed by atoms with Gasteiger partial charge in [0.2, 0.25) is 0 Å². The molecule has 0 bridgehead atoms. The molecule has 0 saturated carbocycles. The van der Waals surface area contributed by atoms with Gasteiger partial charge in [-0.15, -0.1) is 0 Å². The van der Waals surface area contributed by atoms with Crippen molar-refractivity contribution in [3.8, 4) is 0 Å². The quantitative estimate of drug-likeness (QED) is 0.302. The van der Waals surface area contributed by atoms with Crippen LogP contribution >= 0.6 is 0 Å². The third-order valence-corrected chi connectivity index (χ3v) is 11.5. The predicted octanol–water partition coefficient (Wildman–Crippen LogP) is 5.79. The van der Waals surface area contributed by atoms with Crippen molar-refractivity contribution in [2.45, 2.75) is 104 Å². The first kappa shape index (κ1) is 28.1. The van der Waals surface area contributed by atoms with Crippen LogP contribution in [0.4, 0.5) is 0 Å². The molecule has 0 aliphatic rings. The molecule has 0 spiro atoms. The highest BCUT2D eigenvalue weighted by Crippen LogP contribution is 2.25. The molecule has 23 heavy (non-hydrogen) atoms. The summed E-state index contributed by atoms with van der Waals surface area (Å²) in [7, 11) is -3.03. The van der Waals surface area contributed by atoms with Gasteiger partial charge in [-0.2, -0.15) is 0 Å². The summed E-state index contributed by atoms with van der Waals surface area (Å²) >= 11 is 0. The van der Waals surface area contributed by atoms with E-state index in [4.69, 9.17) is 14.3 Å². The van der Waals surface area contributed by atoms with Crippen molar-refractivity contribution in [2.24, 2.45) is 0 Å². The van der Waals surface area contributed by atoms with Gasteiger partial charge in [0.05, 0.1) is 0 Å². The maximum Gasteiger partial charge on any atom is 0.173 e. The molecule has 144 valence electrons. The van der Waals surface area contributed by atoms with E-state index in [1.54, 1.807) is 0 Å². The summed E-state index contributed by atoms with van der Waals surface area (Å²) in [5.74, 6) is 0. The second-order valence-corrected chi connectivity index (χ2v) is 16.3. The van der Waals surface area contributed by atoms with Gasteiger partial charge in [0.25, 0.3) is 0 Å². The van der Waals surface area contributed by atoms with E-state index < -0.39 is 16.6 Å². The summed E-state index contributed by atoms with van der Waals surface area (Å²) in [6.07, 6.45) is 9.13. The Kier molecular flexibility index (Phi) is 19.3. The van der Waals surface area contributed by atoms with Crippen LogP contribution in [0.3, 0.4) is 0 Å². The third-order valence-electron chi connectivity index (χ3n) is 3.93. The highest BCUT2D eigenvalue weighted by molar-refractivity contribution is 6.84. The van der Waals surface area contributed by atoms with Gasteiger partial charge in [-0.25, -0.2) is 0 Å². The molecule has 0 aliphatic heterocycles. The Labute approximate surface area is 149 Å². The first-order valence-electron chi connectivity index (χ1n) is 8.75. The second kappa shape index (κ2) is 15.8. The zero-order valence-corrected chi connectivity index (χ0v) is 16.8. The van der Waals surface area contributed by atoms with Crippen LogP contribution in [0.2, 0.25) is 38.3 Å². The van der Waals surface area contributed by atoms with Crippen molar-refractivity contribution in [3.63, 3.8) is 0 Å². The molecule has 5 heteroatoms. The Balaban J connectivity index is -0.00000200. The standard InChI is InChI=1S/C16H38O3Si2.2CH4/c1-20(2,15-11-7-5-9-13-17)19-21(3,4)16-12-8-6-10-14-18;;/h17-18H,5-16H2,1-4H3;2*1H4. The summed E-state index contributed by atoms with van der Waals surface area (Å²) in [5.41, 5.74) is 0. The van der Waals surface area contributed by atoms with Crippen molar-refractivity contribution in [3.05, 3.63) is 0 Å². The lowest BCUT2D eigenvalue weighted by molar-refractivity contribution is 0.282. The van der Waals surface area contributed by atoms with Crippen molar-refractivity contribution in [1.82, 2.24) is 0 Å². The number of aliphatic hydroxyl groups is 2. The van der Waals surface area contributed by atoms with Crippen LogP contribution in [0.15, 0.2) is 0 Å². The van der Waals surface area contributed by atoms with Crippen molar-refractivity contribution >= 4 is 16.6 Å². The van der Waals surface area contributed by atoms with Crippen molar-refractivity contribution < 1.29 is 14.3 Å².